The summed E-state index contributed by atoms with van der Waals surface area (Å²) < 4.78 is 2.57. The average molecular weight is 261 g/mol. The Labute approximate surface area is 117 Å². The summed E-state index contributed by atoms with van der Waals surface area (Å²) in [5.41, 5.74) is 4.55. The highest BCUT2D eigenvalue weighted by atomic mass is 15.2. The Morgan fingerprint density at radius 2 is 1.95 bits per heavy atom. The summed E-state index contributed by atoms with van der Waals surface area (Å²) in [7, 11) is 0. The minimum Gasteiger partial charge on any atom is -0.346 e. The van der Waals surface area contributed by atoms with Crippen LogP contribution in [0.3, 0.4) is 0 Å². The molecule has 0 amide bonds. The molecule has 2 heterocycles. The molecule has 0 spiro atoms. The van der Waals surface area contributed by atoms with Crippen LogP contribution in [0.4, 0.5) is 0 Å². The Morgan fingerprint density at radius 3 is 2.58 bits per heavy atom. The number of aromatic nitrogens is 1. The van der Waals surface area contributed by atoms with Crippen LogP contribution in [0.5, 0.6) is 0 Å². The summed E-state index contributed by atoms with van der Waals surface area (Å²) >= 11 is 0. The quantitative estimate of drug-likeness (QED) is 0.898. The summed E-state index contributed by atoms with van der Waals surface area (Å²) in [5, 5.41) is 3.43. The number of nitrogens with one attached hydrogen (secondary N) is 1. The van der Waals surface area contributed by atoms with Gasteiger partial charge in [0, 0.05) is 50.2 Å². The Morgan fingerprint density at radius 1 is 1.26 bits per heavy atom. The van der Waals surface area contributed by atoms with E-state index in [1.54, 1.807) is 5.56 Å². The summed E-state index contributed by atoms with van der Waals surface area (Å²) in [4.78, 5) is 2.60. The second kappa shape index (κ2) is 5.29. The molecule has 1 aliphatic carbocycles. The van der Waals surface area contributed by atoms with Gasteiger partial charge in [0.2, 0.25) is 0 Å². The van der Waals surface area contributed by atoms with Crippen molar-refractivity contribution in [3.63, 3.8) is 0 Å². The lowest BCUT2D eigenvalue weighted by Crippen LogP contribution is -2.44. The van der Waals surface area contributed by atoms with Gasteiger partial charge in [0.1, 0.15) is 0 Å². The van der Waals surface area contributed by atoms with Gasteiger partial charge in [-0.1, -0.05) is 6.92 Å². The molecule has 1 unspecified atom stereocenters. The van der Waals surface area contributed by atoms with Crippen molar-refractivity contribution < 1.29 is 0 Å². The van der Waals surface area contributed by atoms with E-state index in [2.05, 4.69) is 41.6 Å². The molecular formula is C16H27N3. The Hall–Kier alpha value is -0.800. The minimum atomic E-state index is 0.650. The molecule has 1 aromatic heterocycles. The van der Waals surface area contributed by atoms with Gasteiger partial charge >= 0.3 is 0 Å². The third kappa shape index (κ3) is 2.72. The number of piperazine rings is 1. The van der Waals surface area contributed by atoms with Gasteiger partial charge < -0.3 is 14.8 Å². The highest BCUT2D eigenvalue weighted by Gasteiger charge is 2.28. The van der Waals surface area contributed by atoms with Crippen LogP contribution in [0, 0.1) is 13.8 Å². The molecule has 1 saturated carbocycles. The van der Waals surface area contributed by atoms with Crippen molar-refractivity contribution in [2.45, 2.75) is 45.6 Å². The number of hydrogen-bond donors (Lipinski definition) is 1. The highest BCUT2D eigenvalue weighted by molar-refractivity contribution is 5.31. The molecule has 3 rings (SSSR count). The fraction of sp³-hybridized carbons (Fsp3) is 0.750. The number of aryl methyl sites for hydroxylation is 1. The van der Waals surface area contributed by atoms with E-state index in [4.69, 9.17) is 0 Å². The summed E-state index contributed by atoms with van der Waals surface area (Å²) in [6, 6.07) is 3.24. The lowest BCUT2D eigenvalue weighted by Gasteiger charge is -2.29. The van der Waals surface area contributed by atoms with E-state index in [-0.39, 0.29) is 0 Å². The zero-order valence-electron chi connectivity index (χ0n) is 12.6. The predicted octanol–water partition coefficient (Wildman–Crippen LogP) is 2.45. The average Bonchev–Trinajstić information content (AvgIpc) is 3.17. The molecule has 0 aromatic carbocycles. The van der Waals surface area contributed by atoms with E-state index in [0.29, 0.717) is 5.92 Å². The van der Waals surface area contributed by atoms with Crippen molar-refractivity contribution in [3.8, 4) is 0 Å². The van der Waals surface area contributed by atoms with Crippen molar-refractivity contribution in [1.82, 2.24) is 14.8 Å². The van der Waals surface area contributed by atoms with Gasteiger partial charge in [0.15, 0.2) is 0 Å². The first-order chi connectivity index (χ1) is 9.16. The first-order valence-corrected chi connectivity index (χ1v) is 7.78. The lowest BCUT2D eigenvalue weighted by atomic mass is 10.0. The van der Waals surface area contributed by atoms with Crippen molar-refractivity contribution in [1.29, 1.82) is 0 Å². The van der Waals surface area contributed by atoms with Gasteiger partial charge in [-0.25, -0.2) is 0 Å². The van der Waals surface area contributed by atoms with Gasteiger partial charge in [0.25, 0.3) is 0 Å². The third-order valence-electron chi connectivity index (χ3n) is 4.71. The van der Waals surface area contributed by atoms with Crippen molar-refractivity contribution in [2.75, 3.05) is 32.7 Å². The van der Waals surface area contributed by atoms with Gasteiger partial charge in [-0.15, -0.1) is 0 Å². The molecule has 1 N–H and O–H groups in total. The van der Waals surface area contributed by atoms with Crippen molar-refractivity contribution >= 4 is 0 Å². The van der Waals surface area contributed by atoms with Crippen LogP contribution in [0.15, 0.2) is 6.07 Å². The third-order valence-corrected chi connectivity index (χ3v) is 4.71. The van der Waals surface area contributed by atoms with Gasteiger partial charge in [-0.05, 0) is 44.2 Å². The Kier molecular flexibility index (Phi) is 3.68. The molecule has 3 nitrogen and oxygen atoms in total. The van der Waals surface area contributed by atoms with Crippen LogP contribution >= 0.6 is 0 Å². The maximum Gasteiger partial charge on any atom is 0.0337 e. The van der Waals surface area contributed by atoms with Crippen LogP contribution in [0.1, 0.15) is 48.7 Å². The smallest absolute Gasteiger partial charge is 0.0337 e. The maximum absolute atomic E-state index is 3.43. The molecular weight excluding hydrogens is 234 g/mol. The van der Waals surface area contributed by atoms with Gasteiger partial charge in [0.05, 0.1) is 0 Å². The van der Waals surface area contributed by atoms with E-state index in [0.717, 1.165) is 19.1 Å². The van der Waals surface area contributed by atoms with Crippen LogP contribution in [-0.4, -0.2) is 42.2 Å². The Balaban J connectivity index is 1.72. The summed E-state index contributed by atoms with van der Waals surface area (Å²) in [6.45, 7) is 12.9. The number of hydrogen-bond acceptors (Lipinski definition) is 2. The molecule has 0 bridgehead atoms. The first kappa shape index (κ1) is 13.2. The Bertz CT molecular complexity index is 439. The van der Waals surface area contributed by atoms with E-state index in [1.165, 1.54) is 43.9 Å². The van der Waals surface area contributed by atoms with Crippen LogP contribution in [-0.2, 0) is 0 Å². The molecule has 1 saturated heterocycles. The van der Waals surface area contributed by atoms with E-state index >= 15 is 0 Å². The normalized spacial score (nSPS) is 22.7. The lowest BCUT2D eigenvalue weighted by molar-refractivity contribution is 0.230. The molecule has 19 heavy (non-hydrogen) atoms. The highest BCUT2D eigenvalue weighted by Crippen LogP contribution is 2.39. The van der Waals surface area contributed by atoms with E-state index < -0.39 is 0 Å². The summed E-state index contributed by atoms with van der Waals surface area (Å²) in [6.07, 6.45) is 2.75. The molecule has 1 atom stereocenters. The maximum atomic E-state index is 3.43. The fourth-order valence-corrected chi connectivity index (χ4v) is 3.58. The largest absolute Gasteiger partial charge is 0.346 e. The number of rotatable bonds is 4. The van der Waals surface area contributed by atoms with E-state index in [9.17, 15) is 0 Å². The van der Waals surface area contributed by atoms with Crippen LogP contribution in [0.2, 0.25) is 0 Å². The van der Waals surface area contributed by atoms with Crippen molar-refractivity contribution in [3.05, 3.63) is 23.0 Å². The monoisotopic (exact) mass is 261 g/mol. The van der Waals surface area contributed by atoms with E-state index in [1.807, 2.05) is 0 Å². The number of nitrogens with zero attached hydrogens (tertiary/aromatic N) is 2. The fourth-order valence-electron chi connectivity index (χ4n) is 3.58. The molecule has 106 valence electrons. The van der Waals surface area contributed by atoms with Gasteiger partial charge in [-0.2, -0.15) is 0 Å². The van der Waals surface area contributed by atoms with Crippen LogP contribution < -0.4 is 5.32 Å². The van der Waals surface area contributed by atoms with Crippen molar-refractivity contribution in [2.24, 2.45) is 0 Å². The first-order valence-electron chi connectivity index (χ1n) is 7.78. The molecule has 2 aliphatic rings. The summed E-state index contributed by atoms with van der Waals surface area (Å²) in [5.74, 6) is 0.650. The molecule has 2 fully saturated rings. The van der Waals surface area contributed by atoms with Gasteiger partial charge in [-0.3, -0.25) is 0 Å². The second-order valence-corrected chi connectivity index (χ2v) is 6.38. The standard InChI is InChI=1S/C16H27N3/c1-12(11-18-8-6-17-7-9-18)16-10-13(2)19(14(16)3)15-4-5-15/h10,12,15,17H,4-9,11H2,1-3H3. The zero-order chi connectivity index (χ0) is 13.4. The molecule has 1 aromatic rings. The SMILES string of the molecule is Cc1cc(C(C)CN2CCNCC2)c(C)n1C1CC1. The topological polar surface area (TPSA) is 20.2 Å². The molecule has 1 aliphatic heterocycles. The predicted molar refractivity (Wildman–Crippen MR) is 79.9 cm³/mol. The molecule has 0 radical (unpaired) electrons. The second-order valence-electron chi connectivity index (χ2n) is 6.38. The zero-order valence-corrected chi connectivity index (χ0v) is 12.6. The molecule has 3 heteroatoms. The minimum absolute atomic E-state index is 0.650. The van der Waals surface area contributed by atoms with Crippen LogP contribution in [0.25, 0.3) is 0 Å².